The maximum atomic E-state index is 12.8. The summed E-state index contributed by atoms with van der Waals surface area (Å²) in [7, 11) is 2.28. The highest BCUT2D eigenvalue weighted by Crippen LogP contribution is 2.48. The predicted molar refractivity (Wildman–Crippen MR) is 92.2 cm³/mol. The normalized spacial score (nSPS) is 39.1. The fourth-order valence-corrected chi connectivity index (χ4v) is 5.61. The molecule has 0 spiro atoms. The van der Waals surface area contributed by atoms with E-state index in [9.17, 15) is 4.79 Å². The van der Waals surface area contributed by atoms with Crippen molar-refractivity contribution in [1.29, 1.82) is 0 Å². The van der Waals surface area contributed by atoms with Crippen LogP contribution in [-0.2, 0) is 4.79 Å². The minimum Gasteiger partial charge on any atom is -0.340 e. The zero-order valence-electron chi connectivity index (χ0n) is 14.8. The standard InChI is InChI=1S/C19H33N3O/c1-20-7-3-2-4-17(20)14-21-8-10-22(11-9-21)19(23)18-13-15-5-6-16(18)12-15/h15-18H,2-14H2,1H3/t15-,16-,17-,18+/m0/s1. The number of fused-ring (bicyclic) bond motifs is 2. The molecule has 0 N–H and O–H groups in total. The number of hydrogen-bond donors (Lipinski definition) is 0. The summed E-state index contributed by atoms with van der Waals surface area (Å²) in [5.74, 6) is 2.47. The summed E-state index contributed by atoms with van der Waals surface area (Å²) in [4.78, 5) is 20.2. The fourth-order valence-electron chi connectivity index (χ4n) is 5.61. The molecule has 4 rings (SSSR count). The molecule has 130 valence electrons. The number of hydrogen-bond acceptors (Lipinski definition) is 3. The minimum atomic E-state index is 0.379. The van der Waals surface area contributed by atoms with Crippen molar-refractivity contribution in [2.45, 2.75) is 51.0 Å². The highest BCUT2D eigenvalue weighted by molar-refractivity contribution is 5.79. The molecular weight excluding hydrogens is 286 g/mol. The maximum absolute atomic E-state index is 12.8. The molecule has 23 heavy (non-hydrogen) atoms. The zero-order chi connectivity index (χ0) is 15.8. The van der Waals surface area contributed by atoms with Crippen molar-refractivity contribution < 1.29 is 4.79 Å². The summed E-state index contributed by atoms with van der Waals surface area (Å²) < 4.78 is 0. The molecule has 0 aromatic rings. The van der Waals surface area contributed by atoms with Crippen molar-refractivity contribution in [1.82, 2.24) is 14.7 Å². The average molecular weight is 319 g/mol. The van der Waals surface area contributed by atoms with Gasteiger partial charge in [-0.3, -0.25) is 9.69 Å². The molecule has 0 radical (unpaired) electrons. The highest BCUT2D eigenvalue weighted by atomic mass is 16.2. The van der Waals surface area contributed by atoms with Gasteiger partial charge in [0.2, 0.25) is 5.91 Å². The molecule has 0 unspecified atom stereocenters. The quantitative estimate of drug-likeness (QED) is 0.796. The number of nitrogens with zero attached hydrogens (tertiary/aromatic N) is 3. The Kier molecular flexibility index (Phi) is 4.64. The topological polar surface area (TPSA) is 26.8 Å². The number of piperidine rings is 1. The number of likely N-dealkylation sites (N-methyl/N-ethyl adjacent to an activating group) is 1. The molecular formula is C19H33N3O. The van der Waals surface area contributed by atoms with E-state index in [2.05, 4.69) is 21.7 Å². The number of likely N-dealkylation sites (tertiary alicyclic amines) is 1. The lowest BCUT2D eigenvalue weighted by atomic mass is 9.87. The fraction of sp³-hybridized carbons (Fsp3) is 0.947. The second-order valence-corrected chi connectivity index (χ2v) is 8.54. The molecule has 0 aromatic heterocycles. The summed E-state index contributed by atoms with van der Waals surface area (Å²) in [6.07, 6.45) is 9.32. The van der Waals surface area contributed by atoms with Crippen molar-refractivity contribution in [3.8, 4) is 0 Å². The first-order valence-corrected chi connectivity index (χ1v) is 9.92. The van der Waals surface area contributed by atoms with Gasteiger partial charge in [-0.2, -0.15) is 0 Å². The monoisotopic (exact) mass is 319 g/mol. The predicted octanol–water partition coefficient (Wildman–Crippen LogP) is 2.05. The van der Waals surface area contributed by atoms with Crippen LogP contribution in [0.1, 0.15) is 44.9 Å². The Labute approximate surface area is 141 Å². The van der Waals surface area contributed by atoms with Gasteiger partial charge in [0.15, 0.2) is 0 Å². The smallest absolute Gasteiger partial charge is 0.226 e. The Hall–Kier alpha value is -0.610. The molecule has 4 nitrogen and oxygen atoms in total. The Balaban J connectivity index is 1.25. The summed E-state index contributed by atoms with van der Waals surface area (Å²) in [5, 5.41) is 0. The molecule has 4 fully saturated rings. The first-order valence-electron chi connectivity index (χ1n) is 9.92. The Morgan fingerprint density at radius 3 is 2.43 bits per heavy atom. The van der Waals surface area contributed by atoms with Gasteiger partial charge in [0.25, 0.3) is 0 Å². The molecule has 4 aliphatic rings. The second kappa shape index (κ2) is 6.72. The molecule has 2 aliphatic heterocycles. The Morgan fingerprint density at radius 2 is 1.78 bits per heavy atom. The van der Waals surface area contributed by atoms with Gasteiger partial charge in [0.05, 0.1) is 0 Å². The van der Waals surface area contributed by atoms with E-state index in [4.69, 9.17) is 0 Å². The van der Waals surface area contributed by atoms with E-state index in [1.165, 1.54) is 58.0 Å². The summed E-state index contributed by atoms with van der Waals surface area (Å²) in [6, 6.07) is 0.733. The van der Waals surface area contributed by atoms with E-state index in [0.717, 1.165) is 44.1 Å². The van der Waals surface area contributed by atoms with E-state index in [1.807, 2.05) is 0 Å². The third kappa shape index (κ3) is 3.30. The first-order chi connectivity index (χ1) is 11.2. The molecule has 2 aliphatic carbocycles. The number of rotatable bonds is 3. The third-order valence-corrected chi connectivity index (χ3v) is 7.13. The summed E-state index contributed by atoms with van der Waals surface area (Å²) >= 11 is 0. The number of carbonyl (C=O) groups excluding carboxylic acids is 1. The summed E-state index contributed by atoms with van der Waals surface area (Å²) in [6.45, 7) is 6.54. The molecule has 0 aromatic carbocycles. The van der Waals surface area contributed by atoms with E-state index in [0.29, 0.717) is 11.8 Å². The van der Waals surface area contributed by atoms with Gasteiger partial charge in [0, 0.05) is 44.7 Å². The Bertz CT molecular complexity index is 432. The lowest BCUT2D eigenvalue weighted by Crippen LogP contribution is -2.54. The Morgan fingerprint density at radius 1 is 0.957 bits per heavy atom. The van der Waals surface area contributed by atoms with E-state index < -0.39 is 0 Å². The van der Waals surface area contributed by atoms with Crippen LogP contribution in [0.3, 0.4) is 0 Å². The third-order valence-electron chi connectivity index (χ3n) is 7.13. The van der Waals surface area contributed by atoms with Gasteiger partial charge in [0.1, 0.15) is 0 Å². The second-order valence-electron chi connectivity index (χ2n) is 8.54. The van der Waals surface area contributed by atoms with Gasteiger partial charge >= 0.3 is 0 Å². The van der Waals surface area contributed by atoms with E-state index in [1.54, 1.807) is 0 Å². The van der Waals surface area contributed by atoms with Gasteiger partial charge in [-0.05, 0) is 57.5 Å². The van der Waals surface area contributed by atoms with Crippen LogP contribution in [0.15, 0.2) is 0 Å². The van der Waals surface area contributed by atoms with Crippen LogP contribution >= 0.6 is 0 Å². The molecule has 4 heteroatoms. The van der Waals surface area contributed by atoms with Crippen molar-refractivity contribution in [3.63, 3.8) is 0 Å². The highest BCUT2D eigenvalue weighted by Gasteiger charge is 2.44. The largest absolute Gasteiger partial charge is 0.340 e. The molecule has 4 atom stereocenters. The lowest BCUT2D eigenvalue weighted by molar-refractivity contribution is -0.139. The molecule has 2 saturated carbocycles. The molecule has 1 amide bonds. The number of carbonyl (C=O) groups is 1. The summed E-state index contributed by atoms with van der Waals surface area (Å²) in [5.41, 5.74) is 0. The van der Waals surface area contributed by atoms with Crippen molar-refractivity contribution in [2.24, 2.45) is 17.8 Å². The van der Waals surface area contributed by atoms with Crippen LogP contribution in [0.4, 0.5) is 0 Å². The van der Waals surface area contributed by atoms with E-state index in [-0.39, 0.29) is 0 Å². The molecule has 2 heterocycles. The SMILES string of the molecule is CN1CCCC[C@H]1CN1CCN(C(=O)[C@@H]2C[C@H]3CC[C@H]2C3)CC1. The average Bonchev–Trinajstić information content (AvgIpc) is 3.20. The zero-order valence-corrected chi connectivity index (χ0v) is 14.8. The molecule has 2 saturated heterocycles. The van der Waals surface area contributed by atoms with Gasteiger partial charge in [-0.15, -0.1) is 0 Å². The number of piperazine rings is 1. The molecule has 2 bridgehead atoms. The van der Waals surface area contributed by atoms with Crippen molar-refractivity contribution in [3.05, 3.63) is 0 Å². The van der Waals surface area contributed by atoms with Crippen LogP contribution in [-0.4, -0.2) is 73.0 Å². The van der Waals surface area contributed by atoms with Crippen molar-refractivity contribution >= 4 is 5.91 Å². The lowest BCUT2D eigenvalue weighted by Gasteiger charge is -2.41. The van der Waals surface area contributed by atoms with Gasteiger partial charge in [-0.25, -0.2) is 0 Å². The van der Waals surface area contributed by atoms with Crippen LogP contribution in [0.5, 0.6) is 0 Å². The number of amides is 1. The van der Waals surface area contributed by atoms with Crippen LogP contribution in [0, 0.1) is 17.8 Å². The first kappa shape index (κ1) is 15.9. The van der Waals surface area contributed by atoms with Gasteiger partial charge in [-0.1, -0.05) is 12.8 Å². The maximum Gasteiger partial charge on any atom is 0.226 e. The van der Waals surface area contributed by atoms with Gasteiger partial charge < -0.3 is 9.80 Å². The minimum absolute atomic E-state index is 0.379. The van der Waals surface area contributed by atoms with Crippen LogP contribution in [0.25, 0.3) is 0 Å². The van der Waals surface area contributed by atoms with Crippen molar-refractivity contribution in [2.75, 3.05) is 46.3 Å². The van der Waals surface area contributed by atoms with Crippen LogP contribution < -0.4 is 0 Å². The van der Waals surface area contributed by atoms with Crippen LogP contribution in [0.2, 0.25) is 0 Å². The van der Waals surface area contributed by atoms with E-state index >= 15 is 0 Å².